The summed E-state index contributed by atoms with van der Waals surface area (Å²) in [7, 11) is 0. The highest BCUT2D eigenvalue weighted by molar-refractivity contribution is 6.12. The second kappa shape index (κ2) is 5.64. The van der Waals surface area contributed by atoms with E-state index in [0.29, 0.717) is 11.7 Å². The number of rotatable bonds is 3. The van der Waals surface area contributed by atoms with Crippen LogP contribution in [0.4, 0.5) is 0 Å². The van der Waals surface area contributed by atoms with Gasteiger partial charge in [-0.1, -0.05) is 52.2 Å². The van der Waals surface area contributed by atoms with Crippen LogP contribution in [0.5, 0.6) is 0 Å². The van der Waals surface area contributed by atoms with Gasteiger partial charge in [0.05, 0.1) is 0 Å². The highest BCUT2D eigenvalue weighted by Crippen LogP contribution is 2.45. The lowest BCUT2D eigenvalue weighted by atomic mass is 9.80. The van der Waals surface area contributed by atoms with E-state index >= 15 is 0 Å². The van der Waals surface area contributed by atoms with Crippen molar-refractivity contribution in [2.24, 2.45) is 11.3 Å². The maximum atomic E-state index is 12.7. The van der Waals surface area contributed by atoms with E-state index in [0.717, 1.165) is 24.8 Å². The van der Waals surface area contributed by atoms with Crippen LogP contribution in [-0.2, 0) is 4.79 Å². The number of hydrogen-bond donors (Lipinski definition) is 0. The Labute approximate surface area is 118 Å². The SMILES string of the molecule is CCCCC1=C2CCCC[C@H]2/C(=C/C(C)(C)C)C1=O. The molecular weight excluding hydrogens is 232 g/mol. The summed E-state index contributed by atoms with van der Waals surface area (Å²) in [6.45, 7) is 8.79. The van der Waals surface area contributed by atoms with Crippen LogP contribution in [0.25, 0.3) is 0 Å². The fourth-order valence-corrected chi connectivity index (χ4v) is 3.46. The van der Waals surface area contributed by atoms with Gasteiger partial charge in [0.1, 0.15) is 0 Å². The van der Waals surface area contributed by atoms with Gasteiger partial charge in [-0.05, 0) is 43.1 Å². The molecule has 0 spiro atoms. The predicted molar refractivity (Wildman–Crippen MR) is 81.1 cm³/mol. The topological polar surface area (TPSA) is 17.1 Å². The standard InChI is InChI=1S/C18H28O/c1-5-6-9-15-13-10-7-8-11-14(13)16(17(15)19)12-18(2,3)4/h12,14H,5-11H2,1-4H3/b16-12-/t14-/m1/s1. The van der Waals surface area contributed by atoms with E-state index in [9.17, 15) is 4.79 Å². The lowest BCUT2D eigenvalue weighted by molar-refractivity contribution is -0.112. The molecule has 0 aromatic heterocycles. The van der Waals surface area contributed by atoms with Gasteiger partial charge in [-0.2, -0.15) is 0 Å². The van der Waals surface area contributed by atoms with Crippen molar-refractivity contribution in [1.82, 2.24) is 0 Å². The van der Waals surface area contributed by atoms with E-state index in [1.165, 1.54) is 36.8 Å². The van der Waals surface area contributed by atoms with Gasteiger partial charge in [0, 0.05) is 11.5 Å². The molecule has 0 aliphatic heterocycles. The van der Waals surface area contributed by atoms with Crippen molar-refractivity contribution in [3.8, 4) is 0 Å². The van der Waals surface area contributed by atoms with E-state index in [-0.39, 0.29) is 5.41 Å². The number of allylic oxidation sites excluding steroid dienone is 4. The summed E-state index contributed by atoms with van der Waals surface area (Å²) in [6.07, 6.45) is 10.5. The van der Waals surface area contributed by atoms with Gasteiger partial charge >= 0.3 is 0 Å². The van der Waals surface area contributed by atoms with Gasteiger partial charge in [-0.3, -0.25) is 4.79 Å². The van der Waals surface area contributed by atoms with Crippen molar-refractivity contribution < 1.29 is 4.79 Å². The molecule has 0 N–H and O–H groups in total. The van der Waals surface area contributed by atoms with Gasteiger partial charge in [0.2, 0.25) is 0 Å². The largest absolute Gasteiger partial charge is 0.289 e. The molecule has 1 heteroatoms. The van der Waals surface area contributed by atoms with Crippen LogP contribution in [0, 0.1) is 11.3 Å². The maximum absolute atomic E-state index is 12.7. The van der Waals surface area contributed by atoms with Gasteiger partial charge < -0.3 is 0 Å². The molecule has 0 bridgehead atoms. The minimum Gasteiger partial charge on any atom is -0.289 e. The third-order valence-electron chi connectivity index (χ3n) is 4.28. The van der Waals surface area contributed by atoms with Crippen molar-refractivity contribution >= 4 is 5.78 Å². The van der Waals surface area contributed by atoms with E-state index in [1.807, 2.05) is 0 Å². The Morgan fingerprint density at radius 2 is 2.00 bits per heavy atom. The lowest BCUT2D eigenvalue weighted by Crippen LogP contribution is -2.13. The Morgan fingerprint density at radius 1 is 1.26 bits per heavy atom. The molecule has 1 saturated carbocycles. The number of hydrogen-bond acceptors (Lipinski definition) is 1. The summed E-state index contributed by atoms with van der Waals surface area (Å²) in [4.78, 5) is 12.7. The van der Waals surface area contributed by atoms with Gasteiger partial charge in [0.15, 0.2) is 5.78 Å². The average Bonchev–Trinajstić information content (AvgIpc) is 2.59. The average molecular weight is 260 g/mol. The first-order valence-electron chi connectivity index (χ1n) is 7.93. The lowest BCUT2D eigenvalue weighted by Gasteiger charge is -2.23. The van der Waals surface area contributed by atoms with Crippen molar-refractivity contribution in [2.45, 2.75) is 72.6 Å². The quantitative estimate of drug-likeness (QED) is 0.636. The van der Waals surface area contributed by atoms with E-state index < -0.39 is 0 Å². The number of unbranched alkanes of at least 4 members (excludes halogenated alkanes) is 1. The molecule has 106 valence electrons. The zero-order chi connectivity index (χ0) is 14.0. The number of carbonyl (C=O) groups is 1. The van der Waals surface area contributed by atoms with Crippen molar-refractivity contribution in [1.29, 1.82) is 0 Å². The number of carbonyl (C=O) groups excluding carboxylic acids is 1. The molecule has 19 heavy (non-hydrogen) atoms. The monoisotopic (exact) mass is 260 g/mol. The van der Waals surface area contributed by atoms with Crippen LogP contribution in [0.3, 0.4) is 0 Å². The Kier molecular flexibility index (Phi) is 4.32. The van der Waals surface area contributed by atoms with Crippen molar-refractivity contribution in [3.63, 3.8) is 0 Å². The molecule has 1 nitrogen and oxygen atoms in total. The summed E-state index contributed by atoms with van der Waals surface area (Å²) in [6, 6.07) is 0. The molecule has 1 atom stereocenters. The first kappa shape index (κ1) is 14.6. The highest BCUT2D eigenvalue weighted by Gasteiger charge is 2.37. The molecular formula is C18H28O. The number of fused-ring (bicyclic) bond motifs is 1. The Morgan fingerprint density at radius 3 is 2.63 bits per heavy atom. The van der Waals surface area contributed by atoms with E-state index in [1.54, 1.807) is 0 Å². The molecule has 0 amide bonds. The zero-order valence-electron chi connectivity index (χ0n) is 13.0. The van der Waals surface area contributed by atoms with Crippen LogP contribution in [-0.4, -0.2) is 5.78 Å². The summed E-state index contributed by atoms with van der Waals surface area (Å²) < 4.78 is 0. The van der Waals surface area contributed by atoms with E-state index in [2.05, 4.69) is 33.8 Å². The molecule has 0 radical (unpaired) electrons. The molecule has 0 heterocycles. The molecule has 0 aromatic carbocycles. The van der Waals surface area contributed by atoms with Gasteiger partial charge in [-0.25, -0.2) is 0 Å². The third-order valence-corrected chi connectivity index (χ3v) is 4.28. The first-order valence-corrected chi connectivity index (χ1v) is 7.93. The fourth-order valence-electron chi connectivity index (χ4n) is 3.46. The minimum absolute atomic E-state index is 0.105. The van der Waals surface area contributed by atoms with Gasteiger partial charge in [0.25, 0.3) is 0 Å². The Balaban J connectivity index is 2.32. The number of Topliss-reactive ketones (excluding diaryl/α,β-unsaturated/α-hetero) is 1. The fraction of sp³-hybridized carbons (Fsp3) is 0.722. The van der Waals surface area contributed by atoms with Crippen LogP contribution in [0.15, 0.2) is 22.8 Å². The normalized spacial score (nSPS) is 26.2. The molecule has 1 fully saturated rings. The van der Waals surface area contributed by atoms with E-state index in [4.69, 9.17) is 0 Å². The Bertz CT molecular complexity index is 417. The van der Waals surface area contributed by atoms with Gasteiger partial charge in [-0.15, -0.1) is 0 Å². The molecule has 0 aromatic rings. The van der Waals surface area contributed by atoms with Crippen LogP contribution >= 0.6 is 0 Å². The first-order chi connectivity index (χ1) is 8.94. The van der Waals surface area contributed by atoms with Crippen LogP contribution in [0.1, 0.15) is 72.6 Å². The number of ketones is 1. The summed E-state index contributed by atoms with van der Waals surface area (Å²) in [5.74, 6) is 0.845. The second-order valence-electron chi connectivity index (χ2n) is 7.20. The molecule has 2 aliphatic rings. The molecule has 2 rings (SSSR count). The third kappa shape index (κ3) is 3.19. The van der Waals surface area contributed by atoms with Crippen molar-refractivity contribution in [2.75, 3.05) is 0 Å². The summed E-state index contributed by atoms with van der Waals surface area (Å²) in [5.41, 5.74) is 3.91. The highest BCUT2D eigenvalue weighted by atomic mass is 16.1. The summed E-state index contributed by atoms with van der Waals surface area (Å²) in [5, 5.41) is 0. The Hall–Kier alpha value is -0.850. The van der Waals surface area contributed by atoms with Crippen LogP contribution in [0.2, 0.25) is 0 Å². The minimum atomic E-state index is 0.105. The van der Waals surface area contributed by atoms with Crippen molar-refractivity contribution in [3.05, 3.63) is 22.8 Å². The zero-order valence-corrected chi connectivity index (χ0v) is 13.0. The molecule has 0 saturated heterocycles. The van der Waals surface area contributed by atoms with Crippen LogP contribution < -0.4 is 0 Å². The molecule has 2 aliphatic carbocycles. The molecule has 0 unspecified atom stereocenters. The summed E-state index contributed by atoms with van der Waals surface area (Å²) >= 11 is 0. The predicted octanol–water partition coefficient (Wildman–Crippen LogP) is 5.22. The smallest absolute Gasteiger partial charge is 0.185 e. The second-order valence-corrected chi connectivity index (χ2v) is 7.20. The maximum Gasteiger partial charge on any atom is 0.185 e.